The van der Waals surface area contributed by atoms with Crippen LogP contribution in [0.2, 0.25) is 0 Å². The minimum absolute atomic E-state index is 0.133. The van der Waals surface area contributed by atoms with E-state index in [1.807, 2.05) is 55.4 Å². The maximum atomic E-state index is 13.1. The first-order chi connectivity index (χ1) is 14.4. The van der Waals surface area contributed by atoms with Crippen molar-refractivity contribution in [1.82, 2.24) is 21.3 Å². The molecule has 1 heterocycles. The first kappa shape index (κ1) is 26.9. The molecule has 0 aromatic heterocycles. The molecule has 0 aliphatic carbocycles. The molecule has 4 N–H and O–H groups in total. The number of hydrogen-bond acceptors (Lipinski definition) is 4. The van der Waals surface area contributed by atoms with Gasteiger partial charge in [0.2, 0.25) is 23.6 Å². The van der Waals surface area contributed by atoms with Crippen LogP contribution in [-0.4, -0.2) is 47.8 Å². The SMILES string of the molecule is CC[C@H](C)[C@@H]1NC(=O)[C@H](CC(C)C)NC(=O)[C@H]([C@@H](C)CC)NC(=O)[C@H](C(C)C)NC1=O. The highest BCUT2D eigenvalue weighted by Gasteiger charge is 2.37. The third kappa shape index (κ3) is 7.51. The lowest BCUT2D eigenvalue weighted by atomic mass is 9.93. The van der Waals surface area contributed by atoms with Crippen LogP contribution in [0.1, 0.15) is 74.7 Å². The molecule has 1 rings (SSSR count). The molecule has 0 saturated carbocycles. The quantitative estimate of drug-likeness (QED) is 0.484. The highest BCUT2D eigenvalue weighted by atomic mass is 16.2. The van der Waals surface area contributed by atoms with Crippen molar-refractivity contribution in [3.05, 3.63) is 0 Å². The van der Waals surface area contributed by atoms with Crippen molar-refractivity contribution in [2.45, 2.75) is 98.8 Å². The summed E-state index contributed by atoms with van der Waals surface area (Å²) in [6, 6.07) is -3.16. The summed E-state index contributed by atoms with van der Waals surface area (Å²) in [7, 11) is 0. The first-order valence-electron chi connectivity index (χ1n) is 11.6. The van der Waals surface area contributed by atoms with Crippen molar-refractivity contribution in [1.29, 1.82) is 0 Å². The van der Waals surface area contributed by atoms with Crippen LogP contribution in [-0.2, 0) is 19.2 Å². The fourth-order valence-electron chi connectivity index (χ4n) is 3.64. The number of nitrogens with one attached hydrogen (secondary N) is 4. The zero-order chi connectivity index (χ0) is 23.9. The average molecular weight is 439 g/mol. The molecule has 1 aliphatic rings. The molecule has 1 fully saturated rings. The number of carbonyl (C=O) groups excluding carboxylic acids is 4. The van der Waals surface area contributed by atoms with E-state index >= 15 is 0 Å². The lowest BCUT2D eigenvalue weighted by Crippen LogP contribution is -2.64. The topological polar surface area (TPSA) is 116 Å². The highest BCUT2D eigenvalue weighted by Crippen LogP contribution is 2.15. The fraction of sp³-hybridized carbons (Fsp3) is 0.826. The van der Waals surface area contributed by atoms with E-state index in [9.17, 15) is 19.2 Å². The summed E-state index contributed by atoms with van der Waals surface area (Å²) in [4.78, 5) is 52.4. The van der Waals surface area contributed by atoms with Crippen LogP contribution in [0.3, 0.4) is 0 Å². The maximum Gasteiger partial charge on any atom is 0.243 e. The van der Waals surface area contributed by atoms with Gasteiger partial charge in [0.15, 0.2) is 0 Å². The molecule has 0 aromatic rings. The van der Waals surface area contributed by atoms with Gasteiger partial charge in [0.1, 0.15) is 24.2 Å². The lowest BCUT2D eigenvalue weighted by Gasteiger charge is -2.33. The van der Waals surface area contributed by atoms with E-state index in [1.165, 1.54) is 0 Å². The van der Waals surface area contributed by atoms with Gasteiger partial charge in [0.05, 0.1) is 0 Å². The summed E-state index contributed by atoms with van der Waals surface area (Å²) in [6.45, 7) is 15.3. The molecule has 0 spiro atoms. The van der Waals surface area contributed by atoms with E-state index < -0.39 is 24.2 Å². The van der Waals surface area contributed by atoms with Gasteiger partial charge in [-0.3, -0.25) is 19.2 Å². The van der Waals surface area contributed by atoms with Gasteiger partial charge in [-0.2, -0.15) is 0 Å². The molecule has 0 radical (unpaired) electrons. The van der Waals surface area contributed by atoms with Gasteiger partial charge in [0.25, 0.3) is 0 Å². The zero-order valence-electron chi connectivity index (χ0n) is 20.4. The van der Waals surface area contributed by atoms with Gasteiger partial charge >= 0.3 is 0 Å². The Morgan fingerprint density at radius 1 is 0.613 bits per heavy atom. The minimum atomic E-state index is -0.804. The molecule has 1 aliphatic heterocycles. The average Bonchev–Trinajstić information content (AvgIpc) is 2.70. The summed E-state index contributed by atoms with van der Waals surface area (Å²) in [5.74, 6) is -1.82. The van der Waals surface area contributed by atoms with Gasteiger partial charge in [-0.05, 0) is 30.1 Å². The van der Waals surface area contributed by atoms with Crippen molar-refractivity contribution in [3.63, 3.8) is 0 Å². The second-order valence-electron chi connectivity index (χ2n) is 9.66. The van der Waals surface area contributed by atoms with E-state index in [0.717, 1.165) is 0 Å². The molecule has 1 saturated heterocycles. The number of hydrogen-bond donors (Lipinski definition) is 4. The molecule has 0 unspecified atom stereocenters. The second kappa shape index (κ2) is 12.1. The van der Waals surface area contributed by atoms with Gasteiger partial charge in [-0.25, -0.2) is 0 Å². The molecule has 8 nitrogen and oxygen atoms in total. The molecule has 31 heavy (non-hydrogen) atoms. The van der Waals surface area contributed by atoms with Gasteiger partial charge in [-0.1, -0.05) is 68.2 Å². The Kier molecular flexibility index (Phi) is 10.5. The van der Waals surface area contributed by atoms with Crippen LogP contribution < -0.4 is 21.3 Å². The molecule has 4 amide bonds. The lowest BCUT2D eigenvalue weighted by molar-refractivity contribution is -0.138. The molecule has 6 atom stereocenters. The predicted molar refractivity (Wildman–Crippen MR) is 121 cm³/mol. The van der Waals surface area contributed by atoms with Crippen molar-refractivity contribution >= 4 is 23.6 Å². The van der Waals surface area contributed by atoms with Crippen molar-refractivity contribution < 1.29 is 19.2 Å². The molecule has 0 bridgehead atoms. The maximum absolute atomic E-state index is 13.1. The van der Waals surface area contributed by atoms with E-state index in [2.05, 4.69) is 21.3 Å². The normalized spacial score (nSPS) is 28.1. The molecule has 178 valence electrons. The van der Waals surface area contributed by atoms with E-state index in [1.54, 1.807) is 0 Å². The van der Waals surface area contributed by atoms with Crippen LogP contribution in [0.5, 0.6) is 0 Å². The van der Waals surface area contributed by atoms with E-state index in [0.29, 0.717) is 19.3 Å². The van der Waals surface area contributed by atoms with Gasteiger partial charge in [0, 0.05) is 0 Å². The Bertz CT molecular complexity index is 641. The molecular weight excluding hydrogens is 396 g/mol. The van der Waals surface area contributed by atoms with Crippen molar-refractivity contribution in [2.75, 3.05) is 0 Å². The van der Waals surface area contributed by atoms with Crippen LogP contribution in [0.4, 0.5) is 0 Å². The minimum Gasteiger partial charge on any atom is -0.343 e. The highest BCUT2D eigenvalue weighted by molar-refractivity contribution is 5.97. The van der Waals surface area contributed by atoms with Crippen molar-refractivity contribution in [2.24, 2.45) is 23.7 Å². The Morgan fingerprint density at radius 2 is 1.00 bits per heavy atom. The number of rotatable bonds is 7. The molecule has 8 heteroatoms. The van der Waals surface area contributed by atoms with Crippen molar-refractivity contribution in [3.8, 4) is 0 Å². The molecular formula is C23H42N4O4. The van der Waals surface area contributed by atoms with Gasteiger partial charge < -0.3 is 21.3 Å². The summed E-state index contributed by atoms with van der Waals surface area (Å²) in [6.07, 6.45) is 1.78. The molecule has 0 aromatic carbocycles. The fourth-order valence-corrected chi connectivity index (χ4v) is 3.64. The summed E-state index contributed by atoms with van der Waals surface area (Å²) in [5.41, 5.74) is 0. The predicted octanol–water partition coefficient (Wildman–Crippen LogP) is 1.73. The smallest absolute Gasteiger partial charge is 0.243 e. The number of carbonyl (C=O) groups is 4. The van der Waals surface area contributed by atoms with E-state index in [-0.39, 0.29) is 47.3 Å². The summed E-state index contributed by atoms with van der Waals surface area (Å²) < 4.78 is 0. The Labute approximate surface area is 187 Å². The Hall–Kier alpha value is -2.12. The van der Waals surface area contributed by atoms with Gasteiger partial charge in [-0.15, -0.1) is 0 Å². The Morgan fingerprint density at radius 3 is 1.42 bits per heavy atom. The van der Waals surface area contributed by atoms with Crippen LogP contribution >= 0.6 is 0 Å². The van der Waals surface area contributed by atoms with Crippen LogP contribution in [0.15, 0.2) is 0 Å². The summed E-state index contributed by atoms with van der Waals surface area (Å²) in [5, 5.41) is 11.3. The Balaban J connectivity index is 3.41. The zero-order valence-corrected chi connectivity index (χ0v) is 20.4. The van der Waals surface area contributed by atoms with Crippen LogP contribution in [0, 0.1) is 23.7 Å². The monoisotopic (exact) mass is 438 g/mol. The third-order valence-electron chi connectivity index (χ3n) is 6.17. The number of amides is 4. The standard InChI is InChI=1S/C23H42N4O4/c1-9-14(7)18-22(30)24-16(11-12(3)4)20(28)26-19(15(8)10-2)23(31)25-17(13(5)6)21(29)27-18/h12-19H,9-11H2,1-8H3,(H,24,30)(H,25,31)(H,26,28)(H,27,29)/t14-,15-,16-,17-,18-,19-/m0/s1. The first-order valence-corrected chi connectivity index (χ1v) is 11.6. The second-order valence-corrected chi connectivity index (χ2v) is 9.66. The van der Waals surface area contributed by atoms with Crippen LogP contribution in [0.25, 0.3) is 0 Å². The van der Waals surface area contributed by atoms with E-state index in [4.69, 9.17) is 0 Å². The largest absolute Gasteiger partial charge is 0.343 e. The summed E-state index contributed by atoms with van der Waals surface area (Å²) >= 11 is 0. The third-order valence-corrected chi connectivity index (χ3v) is 6.17.